The molecule has 0 bridgehead atoms. The second kappa shape index (κ2) is 5.55. The number of carbonyl (C=O) groups is 2. The zero-order chi connectivity index (χ0) is 12.1. The number of hydrazine groups is 1. The first kappa shape index (κ1) is 13.7. The molecule has 0 aliphatic heterocycles. The molecule has 1 amide bonds. The van der Waals surface area contributed by atoms with Gasteiger partial charge in [-0.3, -0.25) is 10.2 Å². The van der Waals surface area contributed by atoms with E-state index in [4.69, 9.17) is 9.84 Å². The quantitative estimate of drug-likeness (QED) is 0.683. The van der Waals surface area contributed by atoms with E-state index in [9.17, 15) is 9.59 Å². The van der Waals surface area contributed by atoms with Gasteiger partial charge in [-0.1, -0.05) is 0 Å². The number of nitrogens with zero attached hydrogens (tertiary/aromatic N) is 1. The fourth-order valence-electron chi connectivity index (χ4n) is 0.776. The fraction of sp³-hybridized carbons (Fsp3) is 0.778. The Hall–Kier alpha value is -1.30. The van der Waals surface area contributed by atoms with Crippen LogP contribution in [0.1, 0.15) is 27.2 Å². The monoisotopic (exact) mass is 218 g/mol. The van der Waals surface area contributed by atoms with Gasteiger partial charge >= 0.3 is 12.1 Å². The molecular weight excluding hydrogens is 200 g/mol. The van der Waals surface area contributed by atoms with Crippen LogP contribution in [0.4, 0.5) is 4.79 Å². The van der Waals surface area contributed by atoms with Gasteiger partial charge in [0.25, 0.3) is 0 Å². The lowest BCUT2D eigenvalue weighted by molar-refractivity contribution is -0.137. The average Bonchev–Trinajstić information content (AvgIpc) is 1.96. The first-order valence-electron chi connectivity index (χ1n) is 4.63. The van der Waals surface area contributed by atoms with Gasteiger partial charge in [-0.25, -0.2) is 9.80 Å². The van der Waals surface area contributed by atoms with Gasteiger partial charge in [-0.05, 0) is 20.8 Å². The minimum absolute atomic E-state index is 0.0354. The first-order chi connectivity index (χ1) is 6.70. The van der Waals surface area contributed by atoms with Crippen molar-refractivity contribution in [2.75, 3.05) is 13.6 Å². The molecule has 0 heterocycles. The van der Waals surface area contributed by atoms with Crippen LogP contribution in [0.25, 0.3) is 0 Å². The van der Waals surface area contributed by atoms with Crippen LogP contribution in [0.15, 0.2) is 0 Å². The molecule has 0 saturated heterocycles. The summed E-state index contributed by atoms with van der Waals surface area (Å²) < 4.78 is 4.98. The van der Waals surface area contributed by atoms with E-state index in [0.29, 0.717) is 0 Å². The number of aliphatic carboxylic acids is 1. The Bertz CT molecular complexity index is 235. The van der Waals surface area contributed by atoms with Gasteiger partial charge in [0.1, 0.15) is 5.60 Å². The highest BCUT2D eigenvalue weighted by molar-refractivity contribution is 5.68. The van der Waals surface area contributed by atoms with Crippen LogP contribution in [0.5, 0.6) is 0 Å². The molecule has 0 spiro atoms. The lowest BCUT2D eigenvalue weighted by atomic mass is 10.2. The molecule has 88 valence electrons. The molecule has 0 radical (unpaired) electrons. The Morgan fingerprint density at radius 2 is 1.93 bits per heavy atom. The zero-order valence-electron chi connectivity index (χ0n) is 9.53. The molecule has 0 aliphatic carbocycles. The minimum atomic E-state index is -0.909. The summed E-state index contributed by atoms with van der Waals surface area (Å²) in [5.41, 5.74) is 1.84. The number of hydrogen-bond acceptors (Lipinski definition) is 4. The predicted molar refractivity (Wildman–Crippen MR) is 54.3 cm³/mol. The summed E-state index contributed by atoms with van der Waals surface area (Å²) in [5.74, 6) is -0.909. The molecule has 15 heavy (non-hydrogen) atoms. The van der Waals surface area contributed by atoms with Crippen LogP contribution in [0.3, 0.4) is 0 Å². The molecule has 2 N–H and O–H groups in total. The molecule has 0 atom stereocenters. The molecule has 0 aromatic heterocycles. The highest BCUT2D eigenvalue weighted by Crippen LogP contribution is 2.06. The molecular formula is C9H18N2O4. The van der Waals surface area contributed by atoms with Crippen LogP contribution < -0.4 is 5.43 Å². The molecule has 0 aromatic rings. The van der Waals surface area contributed by atoms with E-state index in [1.807, 2.05) is 0 Å². The molecule has 0 saturated carbocycles. The largest absolute Gasteiger partial charge is 0.481 e. The van der Waals surface area contributed by atoms with Crippen LogP contribution >= 0.6 is 0 Å². The van der Waals surface area contributed by atoms with Crippen molar-refractivity contribution >= 4 is 12.1 Å². The molecule has 6 heteroatoms. The Labute approximate surface area is 89.2 Å². The van der Waals surface area contributed by atoms with E-state index in [2.05, 4.69) is 5.43 Å². The van der Waals surface area contributed by atoms with Gasteiger partial charge in [0.15, 0.2) is 0 Å². The Morgan fingerprint density at radius 3 is 2.33 bits per heavy atom. The van der Waals surface area contributed by atoms with Gasteiger partial charge in [0.2, 0.25) is 0 Å². The lowest BCUT2D eigenvalue weighted by Crippen LogP contribution is -2.43. The molecule has 0 aliphatic rings. The molecule has 0 rings (SSSR count). The van der Waals surface area contributed by atoms with Crippen LogP contribution in [-0.4, -0.2) is 41.4 Å². The van der Waals surface area contributed by atoms with Gasteiger partial charge in [-0.2, -0.15) is 0 Å². The number of nitrogens with one attached hydrogen (secondary N) is 1. The van der Waals surface area contributed by atoms with E-state index < -0.39 is 17.7 Å². The summed E-state index contributed by atoms with van der Waals surface area (Å²) in [4.78, 5) is 21.4. The predicted octanol–water partition coefficient (Wildman–Crippen LogP) is 0.833. The van der Waals surface area contributed by atoms with E-state index in [-0.39, 0.29) is 13.0 Å². The normalized spacial score (nSPS) is 11.3. The van der Waals surface area contributed by atoms with Crippen LogP contribution in [0.2, 0.25) is 0 Å². The van der Waals surface area contributed by atoms with Crippen molar-refractivity contribution < 1.29 is 19.4 Å². The van der Waals surface area contributed by atoms with Crippen molar-refractivity contribution in [2.45, 2.75) is 32.8 Å². The summed E-state index contributed by atoms with van der Waals surface area (Å²) in [6.45, 7) is 5.49. The Morgan fingerprint density at radius 1 is 1.40 bits per heavy atom. The first-order valence-corrected chi connectivity index (χ1v) is 4.63. The number of carboxylic acids is 1. The Balaban J connectivity index is 3.81. The van der Waals surface area contributed by atoms with Crippen molar-refractivity contribution in [1.29, 1.82) is 0 Å². The van der Waals surface area contributed by atoms with Crippen LogP contribution in [-0.2, 0) is 9.53 Å². The van der Waals surface area contributed by atoms with Crippen molar-refractivity contribution in [1.82, 2.24) is 10.4 Å². The average molecular weight is 218 g/mol. The van der Waals surface area contributed by atoms with E-state index in [1.165, 1.54) is 5.01 Å². The summed E-state index contributed by atoms with van der Waals surface area (Å²) in [6.07, 6.45) is -0.623. The Kier molecular flexibility index (Phi) is 5.07. The smallest absolute Gasteiger partial charge is 0.422 e. The number of rotatable bonds is 4. The van der Waals surface area contributed by atoms with E-state index >= 15 is 0 Å². The van der Waals surface area contributed by atoms with Crippen LogP contribution in [0, 0.1) is 0 Å². The summed E-state index contributed by atoms with van der Waals surface area (Å²) in [6, 6.07) is 0. The SMILES string of the molecule is CN(CCC(=O)O)NC(=O)OC(C)(C)C. The van der Waals surface area contributed by atoms with Gasteiger partial charge in [0, 0.05) is 13.6 Å². The summed E-state index contributed by atoms with van der Waals surface area (Å²) >= 11 is 0. The third-order valence-electron chi connectivity index (χ3n) is 1.34. The number of carboxylic acid groups (broad SMARTS) is 1. The maximum absolute atomic E-state index is 11.2. The number of ether oxygens (including phenoxy) is 1. The highest BCUT2D eigenvalue weighted by atomic mass is 16.6. The standard InChI is InChI=1S/C9H18N2O4/c1-9(2,3)15-8(14)10-11(4)6-5-7(12)13/h5-6H2,1-4H3,(H,10,14)(H,12,13). The summed E-state index contributed by atoms with van der Waals surface area (Å²) in [5, 5.41) is 9.79. The lowest BCUT2D eigenvalue weighted by Gasteiger charge is -2.23. The summed E-state index contributed by atoms with van der Waals surface area (Å²) in [7, 11) is 1.58. The minimum Gasteiger partial charge on any atom is -0.481 e. The third-order valence-corrected chi connectivity index (χ3v) is 1.34. The van der Waals surface area contributed by atoms with Gasteiger partial charge in [-0.15, -0.1) is 0 Å². The number of hydrogen-bond donors (Lipinski definition) is 2. The van der Waals surface area contributed by atoms with E-state index in [1.54, 1.807) is 27.8 Å². The highest BCUT2D eigenvalue weighted by Gasteiger charge is 2.17. The van der Waals surface area contributed by atoms with Gasteiger partial charge < -0.3 is 9.84 Å². The number of amides is 1. The van der Waals surface area contributed by atoms with Crippen molar-refractivity contribution in [3.63, 3.8) is 0 Å². The molecule has 0 fully saturated rings. The third kappa shape index (κ3) is 9.01. The van der Waals surface area contributed by atoms with E-state index in [0.717, 1.165) is 0 Å². The van der Waals surface area contributed by atoms with Crippen molar-refractivity contribution in [2.24, 2.45) is 0 Å². The second-order valence-corrected chi connectivity index (χ2v) is 4.18. The van der Waals surface area contributed by atoms with Crippen molar-refractivity contribution in [3.05, 3.63) is 0 Å². The maximum atomic E-state index is 11.2. The topological polar surface area (TPSA) is 78.9 Å². The second-order valence-electron chi connectivity index (χ2n) is 4.18. The maximum Gasteiger partial charge on any atom is 0.422 e. The van der Waals surface area contributed by atoms with Crippen molar-refractivity contribution in [3.8, 4) is 0 Å². The molecule has 6 nitrogen and oxygen atoms in total. The fourth-order valence-corrected chi connectivity index (χ4v) is 0.776. The molecule has 0 aromatic carbocycles. The zero-order valence-corrected chi connectivity index (χ0v) is 9.53. The van der Waals surface area contributed by atoms with Gasteiger partial charge in [0.05, 0.1) is 6.42 Å². The number of carbonyl (C=O) groups excluding carboxylic acids is 1. The molecule has 0 unspecified atom stereocenters.